The van der Waals surface area contributed by atoms with Crippen LogP contribution in [-0.2, 0) is 0 Å². The number of imidazole rings is 1. The molecule has 0 radical (unpaired) electrons. The number of nitrogens with two attached hydrogens (primary N) is 1. The molecule has 0 saturated heterocycles. The first-order valence-corrected chi connectivity index (χ1v) is 4.86. The molecule has 0 amide bonds. The smallest absolute Gasteiger partial charge is 0.137 e. The summed E-state index contributed by atoms with van der Waals surface area (Å²) in [6, 6.07) is 8.16. The summed E-state index contributed by atoms with van der Waals surface area (Å²) in [5.41, 5.74) is 7.62. The van der Waals surface area contributed by atoms with Gasteiger partial charge in [-0.15, -0.1) is 0 Å². The molecule has 3 nitrogen and oxygen atoms in total. The Morgan fingerprint density at radius 3 is 2.67 bits per heavy atom. The third-order valence-corrected chi connectivity index (χ3v) is 2.13. The van der Waals surface area contributed by atoms with Gasteiger partial charge < -0.3 is 10.7 Å². The Kier molecular flexibility index (Phi) is 2.95. The van der Waals surface area contributed by atoms with E-state index in [1.54, 1.807) is 6.20 Å². The molecule has 1 aromatic carbocycles. The molecule has 15 heavy (non-hydrogen) atoms. The summed E-state index contributed by atoms with van der Waals surface area (Å²) in [5.74, 6) is 0.893. The van der Waals surface area contributed by atoms with Crippen molar-refractivity contribution in [2.75, 3.05) is 6.54 Å². The van der Waals surface area contributed by atoms with Crippen molar-refractivity contribution < 1.29 is 0 Å². The van der Waals surface area contributed by atoms with Crippen molar-refractivity contribution in [3.8, 4) is 11.4 Å². The molecule has 0 atom stereocenters. The van der Waals surface area contributed by atoms with E-state index < -0.39 is 0 Å². The number of hydrogen-bond donors (Lipinski definition) is 2. The van der Waals surface area contributed by atoms with Crippen molar-refractivity contribution in [2.45, 2.75) is 0 Å². The Morgan fingerprint density at radius 2 is 2.07 bits per heavy atom. The van der Waals surface area contributed by atoms with E-state index in [0.29, 0.717) is 6.54 Å². The van der Waals surface area contributed by atoms with Gasteiger partial charge >= 0.3 is 0 Å². The lowest BCUT2D eigenvalue weighted by Gasteiger charge is -1.97. The first kappa shape index (κ1) is 9.68. The van der Waals surface area contributed by atoms with E-state index in [2.05, 4.69) is 9.97 Å². The van der Waals surface area contributed by atoms with Crippen LogP contribution in [0.25, 0.3) is 17.5 Å². The maximum Gasteiger partial charge on any atom is 0.137 e. The summed E-state index contributed by atoms with van der Waals surface area (Å²) in [6.07, 6.45) is 7.50. The molecular formula is C12H13N3. The molecule has 1 heterocycles. The molecule has 0 aliphatic rings. The third-order valence-electron chi connectivity index (χ3n) is 2.13. The second-order valence-corrected chi connectivity index (χ2v) is 3.20. The average molecular weight is 199 g/mol. The van der Waals surface area contributed by atoms with Crippen LogP contribution in [0.3, 0.4) is 0 Å². The van der Waals surface area contributed by atoms with Gasteiger partial charge in [0.2, 0.25) is 0 Å². The van der Waals surface area contributed by atoms with Crippen LogP contribution >= 0.6 is 0 Å². The molecule has 0 bridgehead atoms. The monoisotopic (exact) mass is 199 g/mol. The van der Waals surface area contributed by atoms with Crippen LogP contribution in [0.1, 0.15) is 5.56 Å². The van der Waals surface area contributed by atoms with Crippen molar-refractivity contribution in [3.05, 3.63) is 48.3 Å². The Labute approximate surface area is 88.7 Å². The maximum absolute atomic E-state index is 5.38. The zero-order chi connectivity index (χ0) is 10.5. The fraction of sp³-hybridized carbons (Fsp3) is 0.0833. The molecular weight excluding hydrogens is 186 g/mol. The predicted molar refractivity (Wildman–Crippen MR) is 62.1 cm³/mol. The van der Waals surface area contributed by atoms with E-state index in [1.165, 1.54) is 0 Å². The van der Waals surface area contributed by atoms with Gasteiger partial charge in [-0.3, -0.25) is 0 Å². The van der Waals surface area contributed by atoms with Gasteiger partial charge in [-0.2, -0.15) is 0 Å². The molecule has 76 valence electrons. The molecule has 1 aromatic heterocycles. The summed E-state index contributed by atoms with van der Waals surface area (Å²) in [6.45, 7) is 0.569. The second-order valence-electron chi connectivity index (χ2n) is 3.20. The molecule has 3 N–H and O–H groups in total. The quantitative estimate of drug-likeness (QED) is 0.794. The highest BCUT2D eigenvalue weighted by Crippen LogP contribution is 2.15. The topological polar surface area (TPSA) is 54.7 Å². The number of nitrogens with zero attached hydrogens (tertiary/aromatic N) is 1. The van der Waals surface area contributed by atoms with Crippen LogP contribution in [-0.4, -0.2) is 16.5 Å². The van der Waals surface area contributed by atoms with Crippen molar-refractivity contribution >= 4 is 6.08 Å². The first-order chi connectivity index (χ1) is 7.40. The zero-order valence-electron chi connectivity index (χ0n) is 8.35. The summed E-state index contributed by atoms with van der Waals surface area (Å²) >= 11 is 0. The number of nitrogens with one attached hydrogen (secondary N) is 1. The molecule has 0 aliphatic carbocycles. The summed E-state index contributed by atoms with van der Waals surface area (Å²) in [4.78, 5) is 7.25. The van der Waals surface area contributed by atoms with Gasteiger partial charge in [0, 0.05) is 24.5 Å². The van der Waals surface area contributed by atoms with Gasteiger partial charge in [0.1, 0.15) is 5.82 Å². The molecule has 3 heteroatoms. The van der Waals surface area contributed by atoms with Gasteiger partial charge in [-0.25, -0.2) is 4.98 Å². The number of hydrogen-bond acceptors (Lipinski definition) is 2. The number of H-pyrrole nitrogens is 1. The molecule has 0 fully saturated rings. The zero-order valence-corrected chi connectivity index (χ0v) is 8.35. The molecule has 0 saturated carbocycles. The van der Waals surface area contributed by atoms with E-state index in [1.807, 2.05) is 42.6 Å². The Balaban J connectivity index is 2.21. The van der Waals surface area contributed by atoms with E-state index in [9.17, 15) is 0 Å². The number of aromatic nitrogens is 2. The lowest BCUT2D eigenvalue weighted by Crippen LogP contribution is -1.91. The second kappa shape index (κ2) is 4.57. The SMILES string of the molecule is NC/C=C/c1ccc(-c2ncc[nH]2)cc1. The maximum atomic E-state index is 5.38. The van der Waals surface area contributed by atoms with Crippen LogP contribution < -0.4 is 5.73 Å². The molecule has 0 unspecified atom stereocenters. The highest BCUT2D eigenvalue weighted by molar-refractivity contribution is 5.59. The molecule has 0 spiro atoms. The average Bonchev–Trinajstić information content (AvgIpc) is 2.80. The van der Waals surface area contributed by atoms with E-state index >= 15 is 0 Å². The highest BCUT2D eigenvalue weighted by Gasteiger charge is 1.97. The Morgan fingerprint density at radius 1 is 1.27 bits per heavy atom. The first-order valence-electron chi connectivity index (χ1n) is 4.86. The third kappa shape index (κ3) is 2.33. The highest BCUT2D eigenvalue weighted by atomic mass is 14.9. The van der Waals surface area contributed by atoms with Crippen LogP contribution in [0.15, 0.2) is 42.7 Å². The molecule has 2 aromatic rings. The van der Waals surface area contributed by atoms with Crippen LogP contribution in [0.5, 0.6) is 0 Å². The number of rotatable bonds is 3. The van der Waals surface area contributed by atoms with Crippen LogP contribution in [0.2, 0.25) is 0 Å². The largest absolute Gasteiger partial charge is 0.345 e. The normalized spacial score (nSPS) is 11.0. The van der Waals surface area contributed by atoms with Gasteiger partial charge in [-0.05, 0) is 5.56 Å². The minimum atomic E-state index is 0.569. The fourth-order valence-corrected chi connectivity index (χ4v) is 1.38. The van der Waals surface area contributed by atoms with Crippen molar-refractivity contribution in [1.82, 2.24) is 9.97 Å². The summed E-state index contributed by atoms with van der Waals surface area (Å²) in [5, 5.41) is 0. The van der Waals surface area contributed by atoms with Gasteiger partial charge in [0.25, 0.3) is 0 Å². The van der Waals surface area contributed by atoms with Gasteiger partial charge in [-0.1, -0.05) is 36.4 Å². The molecule has 0 aliphatic heterocycles. The van der Waals surface area contributed by atoms with Gasteiger partial charge in [0.15, 0.2) is 0 Å². The fourth-order valence-electron chi connectivity index (χ4n) is 1.38. The minimum absolute atomic E-state index is 0.569. The van der Waals surface area contributed by atoms with Crippen LogP contribution in [0.4, 0.5) is 0 Å². The van der Waals surface area contributed by atoms with Crippen LogP contribution in [0, 0.1) is 0 Å². The standard InChI is InChI=1S/C12H13N3/c13-7-1-2-10-3-5-11(6-4-10)12-14-8-9-15-12/h1-6,8-9H,7,13H2,(H,14,15)/b2-1+. The van der Waals surface area contributed by atoms with E-state index in [0.717, 1.165) is 17.0 Å². The minimum Gasteiger partial charge on any atom is -0.345 e. The van der Waals surface area contributed by atoms with E-state index in [-0.39, 0.29) is 0 Å². The summed E-state index contributed by atoms with van der Waals surface area (Å²) < 4.78 is 0. The lowest BCUT2D eigenvalue weighted by molar-refractivity contribution is 1.26. The summed E-state index contributed by atoms with van der Waals surface area (Å²) in [7, 11) is 0. The number of benzene rings is 1. The van der Waals surface area contributed by atoms with E-state index in [4.69, 9.17) is 5.73 Å². The Bertz CT molecular complexity index is 426. The lowest BCUT2D eigenvalue weighted by atomic mass is 10.1. The van der Waals surface area contributed by atoms with Gasteiger partial charge in [0.05, 0.1) is 0 Å². The Hall–Kier alpha value is -1.87. The van der Waals surface area contributed by atoms with Crippen molar-refractivity contribution in [3.63, 3.8) is 0 Å². The molecule has 2 rings (SSSR count). The van der Waals surface area contributed by atoms with Crippen molar-refractivity contribution in [1.29, 1.82) is 0 Å². The number of aromatic amines is 1. The van der Waals surface area contributed by atoms with Crippen molar-refractivity contribution in [2.24, 2.45) is 5.73 Å². The predicted octanol–water partition coefficient (Wildman–Crippen LogP) is 2.05.